The Kier molecular flexibility index (Phi) is 4.90. The molecule has 0 spiro atoms. The Morgan fingerprint density at radius 2 is 2.00 bits per heavy atom. The van der Waals surface area contributed by atoms with Gasteiger partial charge in [-0.1, -0.05) is 23.2 Å². The average Bonchev–Trinajstić information content (AvgIpc) is 2.29. The monoisotopic (exact) mass is 274 g/mol. The molecule has 1 unspecified atom stereocenters. The maximum atomic E-state index is 11.4. The molecule has 0 radical (unpaired) electrons. The molecule has 0 saturated carbocycles. The fourth-order valence-corrected chi connectivity index (χ4v) is 1.18. The van der Waals surface area contributed by atoms with Crippen molar-refractivity contribution < 1.29 is 9.53 Å². The fourth-order valence-electron chi connectivity index (χ4n) is 0.963. The van der Waals surface area contributed by atoms with Crippen molar-refractivity contribution in [2.24, 2.45) is 10.2 Å². The van der Waals surface area contributed by atoms with Gasteiger partial charge in [0, 0.05) is 5.02 Å². The van der Waals surface area contributed by atoms with Crippen LogP contribution in [0, 0.1) is 0 Å². The van der Waals surface area contributed by atoms with Gasteiger partial charge in [-0.15, -0.1) is 0 Å². The number of ether oxygens (including phenoxy) is 1. The van der Waals surface area contributed by atoms with Gasteiger partial charge in [-0.2, -0.15) is 10.2 Å². The zero-order valence-corrected chi connectivity index (χ0v) is 11.0. The van der Waals surface area contributed by atoms with Crippen molar-refractivity contribution in [2.75, 3.05) is 6.61 Å². The predicted octanol–water partition coefficient (Wildman–Crippen LogP) is 3.94. The Hall–Kier alpha value is -1.13. The molecule has 6 heteroatoms. The van der Waals surface area contributed by atoms with Crippen LogP contribution in [0.25, 0.3) is 0 Å². The van der Waals surface area contributed by atoms with E-state index in [1.165, 1.54) is 6.92 Å². The molecule has 0 N–H and O–H groups in total. The molecule has 1 aromatic carbocycles. The van der Waals surface area contributed by atoms with Gasteiger partial charge < -0.3 is 4.74 Å². The third kappa shape index (κ3) is 4.32. The minimum atomic E-state index is -1.50. The molecule has 0 aliphatic rings. The molecule has 92 valence electrons. The van der Waals surface area contributed by atoms with Crippen LogP contribution in [0.3, 0.4) is 0 Å². The van der Waals surface area contributed by atoms with Crippen LogP contribution >= 0.6 is 23.2 Å². The van der Waals surface area contributed by atoms with E-state index >= 15 is 0 Å². The van der Waals surface area contributed by atoms with Crippen LogP contribution in [-0.4, -0.2) is 17.6 Å². The van der Waals surface area contributed by atoms with Crippen molar-refractivity contribution in [2.45, 2.75) is 18.8 Å². The number of hydrogen-bond acceptors (Lipinski definition) is 4. The van der Waals surface area contributed by atoms with E-state index in [1.54, 1.807) is 31.2 Å². The largest absolute Gasteiger partial charge is 0.463 e. The highest BCUT2D eigenvalue weighted by Crippen LogP contribution is 2.23. The molecule has 0 aromatic heterocycles. The molecule has 4 nitrogen and oxygen atoms in total. The zero-order valence-electron chi connectivity index (χ0n) is 9.48. The molecule has 1 aromatic rings. The number of nitrogens with zero attached hydrogens (tertiary/aromatic N) is 2. The summed E-state index contributed by atoms with van der Waals surface area (Å²) in [5.74, 6) is -0.626. The van der Waals surface area contributed by atoms with E-state index in [4.69, 9.17) is 27.9 Å². The first kappa shape index (κ1) is 13.9. The normalized spacial score (nSPS) is 14.6. The van der Waals surface area contributed by atoms with Gasteiger partial charge in [0.2, 0.25) is 5.00 Å². The lowest BCUT2D eigenvalue weighted by atomic mass is 10.3. The lowest BCUT2D eigenvalue weighted by Crippen LogP contribution is -2.28. The minimum absolute atomic E-state index is 0.248. The van der Waals surface area contributed by atoms with Gasteiger partial charge in [0.1, 0.15) is 0 Å². The van der Waals surface area contributed by atoms with Gasteiger partial charge in [-0.05, 0) is 38.1 Å². The summed E-state index contributed by atoms with van der Waals surface area (Å²) in [7, 11) is 0. The average molecular weight is 275 g/mol. The first-order valence-electron chi connectivity index (χ1n) is 5.00. The van der Waals surface area contributed by atoms with Crippen LogP contribution in [0.4, 0.5) is 5.69 Å². The summed E-state index contributed by atoms with van der Waals surface area (Å²) in [6.07, 6.45) is 0. The smallest absolute Gasteiger partial charge is 0.351 e. The summed E-state index contributed by atoms with van der Waals surface area (Å²) in [6.45, 7) is 3.37. The van der Waals surface area contributed by atoms with Crippen molar-refractivity contribution in [3.05, 3.63) is 29.3 Å². The first-order chi connectivity index (χ1) is 7.95. The van der Waals surface area contributed by atoms with Crippen molar-refractivity contribution in [3.63, 3.8) is 0 Å². The van der Waals surface area contributed by atoms with Gasteiger partial charge in [-0.25, -0.2) is 4.79 Å². The van der Waals surface area contributed by atoms with Crippen LogP contribution in [0.5, 0.6) is 0 Å². The molecular weight excluding hydrogens is 263 g/mol. The summed E-state index contributed by atoms with van der Waals surface area (Å²) in [5, 5.41) is 8.20. The van der Waals surface area contributed by atoms with Gasteiger partial charge in [0.05, 0.1) is 12.3 Å². The van der Waals surface area contributed by atoms with Gasteiger partial charge in [0.15, 0.2) is 0 Å². The molecule has 17 heavy (non-hydrogen) atoms. The lowest BCUT2D eigenvalue weighted by Gasteiger charge is -2.12. The van der Waals surface area contributed by atoms with Crippen LogP contribution in [0.15, 0.2) is 34.5 Å². The SMILES string of the molecule is CCOC(=O)C(C)(Cl)N=Nc1ccc(Cl)cc1. The summed E-state index contributed by atoms with van der Waals surface area (Å²) in [6, 6.07) is 6.69. The Balaban J connectivity index is 2.75. The Bertz CT molecular complexity index is 416. The molecule has 1 rings (SSSR count). The maximum Gasteiger partial charge on any atom is 0.351 e. The molecular formula is C11H12Cl2N2O2. The summed E-state index contributed by atoms with van der Waals surface area (Å²) in [5.41, 5.74) is 0.561. The van der Waals surface area contributed by atoms with Crippen LogP contribution < -0.4 is 0 Å². The standard InChI is InChI=1S/C11H12Cl2N2O2/c1-3-17-10(16)11(2,13)15-14-9-6-4-8(12)5-7-9/h4-7H,3H2,1-2H3. The number of carbonyl (C=O) groups excluding carboxylic acids is 1. The van der Waals surface area contributed by atoms with Crippen molar-refractivity contribution in [3.8, 4) is 0 Å². The topological polar surface area (TPSA) is 51.0 Å². The van der Waals surface area contributed by atoms with Crippen molar-refractivity contribution in [1.29, 1.82) is 0 Å². The van der Waals surface area contributed by atoms with Crippen molar-refractivity contribution >= 4 is 34.9 Å². The molecule has 0 heterocycles. The van der Waals surface area contributed by atoms with E-state index in [-0.39, 0.29) is 6.61 Å². The molecule has 0 amide bonds. The molecule has 0 aliphatic heterocycles. The summed E-state index contributed by atoms with van der Waals surface area (Å²) < 4.78 is 4.77. The van der Waals surface area contributed by atoms with E-state index in [0.29, 0.717) is 10.7 Å². The van der Waals surface area contributed by atoms with E-state index in [2.05, 4.69) is 10.2 Å². The third-order valence-electron chi connectivity index (χ3n) is 1.83. The van der Waals surface area contributed by atoms with Gasteiger partial charge >= 0.3 is 5.97 Å². The highest BCUT2D eigenvalue weighted by Gasteiger charge is 2.32. The Morgan fingerprint density at radius 1 is 1.41 bits per heavy atom. The van der Waals surface area contributed by atoms with Gasteiger partial charge in [-0.3, -0.25) is 0 Å². The fraction of sp³-hybridized carbons (Fsp3) is 0.364. The lowest BCUT2D eigenvalue weighted by molar-refractivity contribution is -0.145. The number of benzene rings is 1. The number of rotatable bonds is 4. The zero-order chi connectivity index (χ0) is 12.9. The number of alkyl halides is 1. The molecule has 0 bridgehead atoms. The highest BCUT2D eigenvalue weighted by atomic mass is 35.5. The Morgan fingerprint density at radius 3 is 2.53 bits per heavy atom. The number of halogens is 2. The van der Waals surface area contributed by atoms with E-state index < -0.39 is 11.0 Å². The first-order valence-corrected chi connectivity index (χ1v) is 5.76. The Labute approximate surface area is 110 Å². The van der Waals surface area contributed by atoms with Crippen LogP contribution in [0.1, 0.15) is 13.8 Å². The van der Waals surface area contributed by atoms with Crippen LogP contribution in [-0.2, 0) is 9.53 Å². The number of azo groups is 1. The third-order valence-corrected chi connectivity index (χ3v) is 2.31. The molecule has 1 atom stereocenters. The maximum absolute atomic E-state index is 11.4. The van der Waals surface area contributed by atoms with E-state index in [1.807, 2.05) is 0 Å². The molecule has 0 fully saturated rings. The van der Waals surface area contributed by atoms with Crippen LogP contribution in [0.2, 0.25) is 5.02 Å². The summed E-state index contributed by atoms with van der Waals surface area (Å²) in [4.78, 5) is 9.91. The second kappa shape index (κ2) is 5.98. The summed E-state index contributed by atoms with van der Waals surface area (Å²) >= 11 is 11.6. The number of carbonyl (C=O) groups is 1. The molecule has 0 saturated heterocycles. The van der Waals surface area contributed by atoms with E-state index in [9.17, 15) is 4.79 Å². The predicted molar refractivity (Wildman–Crippen MR) is 66.9 cm³/mol. The molecule has 0 aliphatic carbocycles. The number of hydrogen-bond donors (Lipinski definition) is 0. The van der Waals surface area contributed by atoms with Gasteiger partial charge in [0.25, 0.3) is 0 Å². The second-order valence-electron chi connectivity index (χ2n) is 3.35. The highest BCUT2D eigenvalue weighted by molar-refractivity contribution is 6.33. The quantitative estimate of drug-likeness (QED) is 0.361. The number of esters is 1. The van der Waals surface area contributed by atoms with Crippen molar-refractivity contribution in [1.82, 2.24) is 0 Å². The second-order valence-corrected chi connectivity index (χ2v) is 4.52. The minimum Gasteiger partial charge on any atom is -0.463 e. The van der Waals surface area contributed by atoms with E-state index in [0.717, 1.165) is 0 Å².